The second kappa shape index (κ2) is 9.69. The van der Waals surface area contributed by atoms with Gasteiger partial charge in [0.05, 0.1) is 6.54 Å². The summed E-state index contributed by atoms with van der Waals surface area (Å²) in [7, 11) is 0. The zero-order valence-electron chi connectivity index (χ0n) is 13.6. The van der Waals surface area contributed by atoms with E-state index in [0.29, 0.717) is 25.2 Å². The topological polar surface area (TPSA) is 47.9 Å². The van der Waals surface area contributed by atoms with Gasteiger partial charge in [-0.15, -0.1) is 24.0 Å². The van der Waals surface area contributed by atoms with E-state index in [9.17, 15) is 9.18 Å². The predicted molar refractivity (Wildman–Crippen MR) is 100 cm³/mol. The first-order valence-corrected chi connectivity index (χ1v) is 7.64. The van der Waals surface area contributed by atoms with Gasteiger partial charge in [-0.3, -0.25) is 4.79 Å². The molecule has 1 fully saturated rings. The monoisotopic (exact) mass is 434 g/mol. The van der Waals surface area contributed by atoms with Crippen LogP contribution in [-0.2, 0) is 11.3 Å². The van der Waals surface area contributed by atoms with E-state index in [1.54, 1.807) is 19.1 Å². The van der Waals surface area contributed by atoms with E-state index in [1.165, 1.54) is 6.07 Å². The lowest BCUT2D eigenvalue weighted by atomic mass is 10.2. The highest BCUT2D eigenvalue weighted by Gasteiger charge is 2.20. The molecular weight excluding hydrogens is 410 g/mol. The Morgan fingerprint density at radius 3 is 2.39 bits per heavy atom. The number of aliphatic imine (C=N–C) groups is 1. The van der Waals surface area contributed by atoms with Gasteiger partial charge in [-0.2, -0.15) is 0 Å². The molecule has 0 aliphatic carbocycles. The Kier molecular flexibility index (Phi) is 8.29. The summed E-state index contributed by atoms with van der Waals surface area (Å²) in [6.07, 6.45) is 0. The summed E-state index contributed by atoms with van der Waals surface area (Å²) in [4.78, 5) is 19.8. The van der Waals surface area contributed by atoms with Crippen LogP contribution >= 0.6 is 24.0 Å². The summed E-state index contributed by atoms with van der Waals surface area (Å²) in [6.45, 7) is 7.52. The molecule has 0 radical (unpaired) electrons. The van der Waals surface area contributed by atoms with Crippen LogP contribution in [0.3, 0.4) is 0 Å². The summed E-state index contributed by atoms with van der Waals surface area (Å²) in [6, 6.07) is 6.68. The Hall–Kier alpha value is -1.38. The lowest BCUT2D eigenvalue weighted by Gasteiger charge is -2.36. The number of amides is 1. The number of benzene rings is 1. The Balaban J connectivity index is 0.00000264. The van der Waals surface area contributed by atoms with Crippen molar-refractivity contribution in [3.05, 3.63) is 35.6 Å². The first-order chi connectivity index (χ1) is 10.6. The minimum atomic E-state index is -0.233. The Bertz CT molecular complexity index is 545. The van der Waals surface area contributed by atoms with Crippen molar-refractivity contribution in [2.45, 2.75) is 20.4 Å². The molecule has 1 aromatic rings. The molecule has 1 heterocycles. The van der Waals surface area contributed by atoms with Crippen LogP contribution in [0.4, 0.5) is 4.39 Å². The molecule has 0 bridgehead atoms. The lowest BCUT2D eigenvalue weighted by Crippen LogP contribution is -2.53. The standard InChI is InChI=1S/C16H23FN4O.HI/c1-3-18-16(19-12-14-6-4-5-7-15(14)17)21-10-8-20(9-11-21)13(2)22;/h4-7H,3,8-12H2,1-2H3,(H,18,19);1H. The average molecular weight is 434 g/mol. The summed E-state index contributed by atoms with van der Waals surface area (Å²) in [5.74, 6) is 0.644. The average Bonchev–Trinajstić information content (AvgIpc) is 2.53. The fraction of sp³-hybridized carbons (Fsp3) is 0.500. The predicted octanol–water partition coefficient (Wildman–Crippen LogP) is 2.07. The molecule has 1 aromatic carbocycles. The van der Waals surface area contributed by atoms with Gasteiger partial charge < -0.3 is 15.1 Å². The third-order valence-corrected chi connectivity index (χ3v) is 3.72. The van der Waals surface area contributed by atoms with E-state index in [2.05, 4.69) is 15.2 Å². The van der Waals surface area contributed by atoms with Gasteiger partial charge in [0.25, 0.3) is 0 Å². The van der Waals surface area contributed by atoms with Crippen LogP contribution in [0.25, 0.3) is 0 Å². The highest BCUT2D eigenvalue weighted by Crippen LogP contribution is 2.09. The number of piperazine rings is 1. The van der Waals surface area contributed by atoms with Gasteiger partial charge in [-0.1, -0.05) is 18.2 Å². The number of carbonyl (C=O) groups excluding carboxylic acids is 1. The van der Waals surface area contributed by atoms with Crippen molar-refractivity contribution in [1.29, 1.82) is 0 Å². The highest BCUT2D eigenvalue weighted by molar-refractivity contribution is 14.0. The van der Waals surface area contributed by atoms with Gasteiger partial charge in [0.2, 0.25) is 5.91 Å². The largest absolute Gasteiger partial charge is 0.357 e. The Labute approximate surface area is 154 Å². The molecular formula is C16H24FIN4O. The van der Waals surface area contributed by atoms with Gasteiger partial charge >= 0.3 is 0 Å². The second-order valence-corrected chi connectivity index (χ2v) is 5.25. The van der Waals surface area contributed by atoms with Crippen molar-refractivity contribution in [3.63, 3.8) is 0 Å². The molecule has 2 rings (SSSR count). The molecule has 1 N–H and O–H groups in total. The minimum absolute atomic E-state index is 0. The number of hydrogen-bond acceptors (Lipinski definition) is 2. The molecule has 0 unspecified atom stereocenters. The quantitative estimate of drug-likeness (QED) is 0.450. The molecule has 0 aromatic heterocycles. The van der Waals surface area contributed by atoms with Gasteiger partial charge in [-0.05, 0) is 13.0 Å². The van der Waals surface area contributed by atoms with Crippen LogP contribution in [0.2, 0.25) is 0 Å². The Morgan fingerprint density at radius 2 is 1.83 bits per heavy atom. The van der Waals surface area contributed by atoms with Crippen LogP contribution in [-0.4, -0.2) is 54.4 Å². The van der Waals surface area contributed by atoms with Crippen molar-refractivity contribution in [2.24, 2.45) is 4.99 Å². The van der Waals surface area contributed by atoms with Crippen LogP contribution < -0.4 is 5.32 Å². The zero-order chi connectivity index (χ0) is 15.9. The van der Waals surface area contributed by atoms with Crippen molar-refractivity contribution in [2.75, 3.05) is 32.7 Å². The number of hydrogen-bond donors (Lipinski definition) is 1. The Morgan fingerprint density at radius 1 is 1.22 bits per heavy atom. The third-order valence-electron chi connectivity index (χ3n) is 3.72. The molecule has 1 aliphatic heterocycles. The van der Waals surface area contributed by atoms with Crippen molar-refractivity contribution >= 4 is 35.8 Å². The summed E-state index contributed by atoms with van der Waals surface area (Å²) >= 11 is 0. The van der Waals surface area contributed by atoms with E-state index in [4.69, 9.17) is 0 Å². The zero-order valence-corrected chi connectivity index (χ0v) is 15.9. The fourth-order valence-corrected chi connectivity index (χ4v) is 2.45. The van der Waals surface area contributed by atoms with E-state index in [1.807, 2.05) is 17.9 Å². The van der Waals surface area contributed by atoms with Crippen LogP contribution in [0.15, 0.2) is 29.3 Å². The van der Waals surface area contributed by atoms with E-state index >= 15 is 0 Å². The summed E-state index contributed by atoms with van der Waals surface area (Å²) in [5.41, 5.74) is 0.584. The number of guanidine groups is 1. The highest BCUT2D eigenvalue weighted by atomic mass is 127. The van der Waals surface area contributed by atoms with Crippen molar-refractivity contribution < 1.29 is 9.18 Å². The SMILES string of the molecule is CCNC(=NCc1ccccc1F)N1CCN(C(C)=O)CC1.I. The summed E-state index contributed by atoms with van der Waals surface area (Å²) < 4.78 is 13.7. The number of rotatable bonds is 3. The normalized spacial score (nSPS) is 15.2. The molecule has 5 nitrogen and oxygen atoms in total. The van der Waals surface area contributed by atoms with Crippen molar-refractivity contribution in [3.8, 4) is 0 Å². The molecule has 0 spiro atoms. The smallest absolute Gasteiger partial charge is 0.219 e. The maximum Gasteiger partial charge on any atom is 0.219 e. The van der Waals surface area contributed by atoms with E-state index in [0.717, 1.165) is 25.6 Å². The van der Waals surface area contributed by atoms with Crippen LogP contribution in [0, 0.1) is 5.82 Å². The van der Waals surface area contributed by atoms with Crippen LogP contribution in [0.5, 0.6) is 0 Å². The molecule has 23 heavy (non-hydrogen) atoms. The molecule has 7 heteroatoms. The van der Waals surface area contributed by atoms with Crippen molar-refractivity contribution in [1.82, 2.24) is 15.1 Å². The van der Waals surface area contributed by atoms with Gasteiger partial charge in [0.1, 0.15) is 5.82 Å². The molecule has 0 saturated carbocycles. The van der Waals surface area contributed by atoms with Gasteiger partial charge in [0, 0.05) is 45.2 Å². The van der Waals surface area contributed by atoms with E-state index < -0.39 is 0 Å². The van der Waals surface area contributed by atoms with Gasteiger partial charge in [0.15, 0.2) is 5.96 Å². The van der Waals surface area contributed by atoms with Crippen LogP contribution in [0.1, 0.15) is 19.4 Å². The number of halogens is 2. The molecule has 1 saturated heterocycles. The first kappa shape index (κ1) is 19.7. The molecule has 1 amide bonds. The number of nitrogens with zero attached hydrogens (tertiary/aromatic N) is 3. The third kappa shape index (κ3) is 5.63. The molecule has 1 aliphatic rings. The lowest BCUT2D eigenvalue weighted by molar-refractivity contribution is -0.130. The van der Waals surface area contributed by atoms with Gasteiger partial charge in [-0.25, -0.2) is 9.38 Å². The van der Waals surface area contributed by atoms with E-state index in [-0.39, 0.29) is 35.7 Å². The minimum Gasteiger partial charge on any atom is -0.357 e. The number of nitrogens with one attached hydrogen (secondary N) is 1. The number of carbonyl (C=O) groups is 1. The maximum atomic E-state index is 13.7. The molecule has 0 atom stereocenters. The maximum absolute atomic E-state index is 13.7. The first-order valence-electron chi connectivity index (χ1n) is 7.64. The fourth-order valence-electron chi connectivity index (χ4n) is 2.45. The molecule has 128 valence electrons. The second-order valence-electron chi connectivity index (χ2n) is 5.25. The summed E-state index contributed by atoms with van der Waals surface area (Å²) in [5, 5.41) is 3.24.